The van der Waals surface area contributed by atoms with Crippen molar-refractivity contribution in [3.05, 3.63) is 58.7 Å². The molecule has 25 heavy (non-hydrogen) atoms. The molecule has 0 saturated heterocycles. The van der Waals surface area contributed by atoms with Crippen LogP contribution in [0.15, 0.2) is 36.4 Å². The van der Waals surface area contributed by atoms with Gasteiger partial charge in [0.05, 0.1) is 14.2 Å². The highest BCUT2D eigenvalue weighted by molar-refractivity contribution is 8.93. The van der Waals surface area contributed by atoms with E-state index in [1.54, 1.807) is 14.2 Å². The lowest BCUT2D eigenvalue weighted by Crippen LogP contribution is -2.37. The minimum Gasteiger partial charge on any atom is -0.493 e. The van der Waals surface area contributed by atoms with Crippen molar-refractivity contribution in [2.45, 2.75) is 43.6 Å². The molecule has 4 heteroatoms. The fraction of sp³-hybridized carbons (Fsp3) is 0.429. The van der Waals surface area contributed by atoms with Gasteiger partial charge in [-0.2, -0.15) is 0 Å². The Hall–Kier alpha value is -1.52. The highest BCUT2D eigenvalue weighted by Gasteiger charge is 2.38. The average molecular weight is 404 g/mol. The Morgan fingerprint density at radius 3 is 2.52 bits per heavy atom. The number of hydrogen-bond donors (Lipinski definition) is 1. The van der Waals surface area contributed by atoms with Gasteiger partial charge in [-0.05, 0) is 54.4 Å². The Labute approximate surface area is 160 Å². The zero-order chi connectivity index (χ0) is 16.7. The maximum Gasteiger partial charge on any atom is 0.164 e. The fourth-order valence-electron chi connectivity index (χ4n) is 4.66. The summed E-state index contributed by atoms with van der Waals surface area (Å²) in [4.78, 5) is 0. The number of halogens is 1. The van der Waals surface area contributed by atoms with E-state index in [1.165, 1.54) is 22.3 Å². The van der Waals surface area contributed by atoms with Gasteiger partial charge in [0, 0.05) is 17.5 Å². The summed E-state index contributed by atoms with van der Waals surface area (Å²) < 4.78 is 11.4. The summed E-state index contributed by atoms with van der Waals surface area (Å²) in [6, 6.07) is 13.2. The molecule has 0 aromatic heterocycles. The van der Waals surface area contributed by atoms with Crippen molar-refractivity contribution >= 4 is 17.0 Å². The third-order valence-corrected chi connectivity index (χ3v) is 5.79. The van der Waals surface area contributed by atoms with Crippen LogP contribution in [0.2, 0.25) is 0 Å². The molecule has 3 nitrogen and oxygen atoms in total. The summed E-state index contributed by atoms with van der Waals surface area (Å²) in [5.74, 6) is 2.66. The van der Waals surface area contributed by atoms with Gasteiger partial charge in [-0.25, -0.2) is 0 Å². The second-order valence-electron chi connectivity index (χ2n) is 7.02. The monoisotopic (exact) mass is 403 g/mol. The summed E-state index contributed by atoms with van der Waals surface area (Å²) in [7, 11) is 3.46. The lowest BCUT2D eigenvalue weighted by atomic mass is 9.66. The molecule has 4 rings (SSSR count). The van der Waals surface area contributed by atoms with Crippen LogP contribution >= 0.6 is 17.0 Å². The molecule has 0 heterocycles. The van der Waals surface area contributed by atoms with Gasteiger partial charge in [-0.15, -0.1) is 17.0 Å². The van der Waals surface area contributed by atoms with Gasteiger partial charge >= 0.3 is 0 Å². The predicted octanol–water partition coefficient (Wildman–Crippen LogP) is 4.37. The smallest absolute Gasteiger partial charge is 0.164 e. The lowest BCUT2D eigenvalue weighted by molar-refractivity contribution is 0.334. The van der Waals surface area contributed by atoms with Crippen LogP contribution < -0.4 is 15.2 Å². The molecule has 0 radical (unpaired) electrons. The van der Waals surface area contributed by atoms with E-state index in [4.69, 9.17) is 15.2 Å². The van der Waals surface area contributed by atoms with Gasteiger partial charge in [-0.3, -0.25) is 0 Å². The molecule has 2 N–H and O–H groups in total. The van der Waals surface area contributed by atoms with Crippen LogP contribution in [0.1, 0.15) is 46.9 Å². The zero-order valence-electron chi connectivity index (χ0n) is 14.8. The summed E-state index contributed by atoms with van der Waals surface area (Å²) in [5.41, 5.74) is 12.1. The van der Waals surface area contributed by atoms with Crippen LogP contribution in [-0.4, -0.2) is 20.3 Å². The van der Waals surface area contributed by atoms with Crippen molar-refractivity contribution in [1.29, 1.82) is 0 Å². The number of methoxy groups -OCH3 is 2. The molecule has 0 aliphatic heterocycles. The molecule has 0 bridgehead atoms. The third kappa shape index (κ3) is 3.06. The zero-order valence-corrected chi connectivity index (χ0v) is 16.5. The van der Waals surface area contributed by atoms with Gasteiger partial charge < -0.3 is 15.2 Å². The van der Waals surface area contributed by atoms with Crippen LogP contribution in [0.25, 0.3) is 0 Å². The molecule has 2 aromatic carbocycles. The predicted molar refractivity (Wildman–Crippen MR) is 106 cm³/mol. The first-order valence-electron chi connectivity index (χ1n) is 8.80. The van der Waals surface area contributed by atoms with Crippen molar-refractivity contribution in [3.8, 4) is 11.5 Å². The first-order valence-corrected chi connectivity index (χ1v) is 8.80. The van der Waals surface area contributed by atoms with Crippen LogP contribution in [0.4, 0.5) is 0 Å². The largest absolute Gasteiger partial charge is 0.493 e. The summed E-state index contributed by atoms with van der Waals surface area (Å²) in [5, 5.41) is 0. The number of nitrogens with two attached hydrogens (primary N) is 1. The number of hydrogen-bond acceptors (Lipinski definition) is 3. The Morgan fingerprint density at radius 2 is 1.84 bits per heavy atom. The number of ether oxygens (including phenoxy) is 2. The third-order valence-electron chi connectivity index (χ3n) is 5.79. The van der Waals surface area contributed by atoms with Gasteiger partial charge in [0.2, 0.25) is 0 Å². The average Bonchev–Trinajstić information content (AvgIpc) is 2.64. The van der Waals surface area contributed by atoms with Gasteiger partial charge in [0.15, 0.2) is 11.5 Å². The van der Waals surface area contributed by atoms with Gasteiger partial charge in [0.1, 0.15) is 0 Å². The molecule has 0 saturated carbocycles. The van der Waals surface area contributed by atoms with Crippen LogP contribution in [0, 0.1) is 0 Å². The van der Waals surface area contributed by atoms with Gasteiger partial charge in [0.25, 0.3) is 0 Å². The van der Waals surface area contributed by atoms with E-state index < -0.39 is 0 Å². The molecule has 0 fully saturated rings. The first kappa shape index (κ1) is 18.3. The summed E-state index contributed by atoms with van der Waals surface area (Å²) in [6.07, 6.45) is 4.21. The minimum atomic E-state index is 0. The number of aryl methyl sites for hydroxylation is 1. The molecule has 0 spiro atoms. The molecule has 2 aliphatic rings. The normalized spacial score (nSPS) is 24.0. The molecule has 0 amide bonds. The molecular formula is C21H26BrNO2. The van der Waals surface area contributed by atoms with E-state index in [-0.39, 0.29) is 23.0 Å². The van der Waals surface area contributed by atoms with Crippen molar-refractivity contribution in [2.75, 3.05) is 14.2 Å². The Morgan fingerprint density at radius 1 is 1.08 bits per heavy atom. The summed E-state index contributed by atoms with van der Waals surface area (Å²) in [6.45, 7) is 0. The summed E-state index contributed by atoms with van der Waals surface area (Å²) >= 11 is 0. The number of benzene rings is 2. The maximum absolute atomic E-state index is 6.54. The van der Waals surface area contributed by atoms with Crippen LogP contribution in [-0.2, 0) is 12.8 Å². The highest BCUT2D eigenvalue weighted by atomic mass is 79.9. The Kier molecular flexibility index (Phi) is 5.40. The standard InChI is InChI=1S/C21H25NO2.BrH/c1-23-19-12-14-8-9-18(22)16-10-15(13-6-4-3-5-7-13)11-17(20(14)16)21(19)24-2;/h3-7,12,15-16,18H,8-11,22H2,1-2H3;1H/t15-,16-,18-;/m0./s1. The molecule has 2 aromatic rings. The molecule has 2 aliphatic carbocycles. The van der Waals surface area contributed by atoms with Crippen molar-refractivity contribution in [3.63, 3.8) is 0 Å². The van der Waals surface area contributed by atoms with Crippen LogP contribution in [0.5, 0.6) is 11.5 Å². The second kappa shape index (κ2) is 7.38. The topological polar surface area (TPSA) is 44.5 Å². The van der Waals surface area contributed by atoms with E-state index in [0.717, 1.165) is 37.2 Å². The van der Waals surface area contributed by atoms with Gasteiger partial charge in [-0.1, -0.05) is 30.3 Å². The van der Waals surface area contributed by atoms with E-state index in [2.05, 4.69) is 36.4 Å². The van der Waals surface area contributed by atoms with E-state index >= 15 is 0 Å². The van der Waals surface area contributed by atoms with Crippen molar-refractivity contribution < 1.29 is 9.47 Å². The quantitative estimate of drug-likeness (QED) is 0.827. The Bertz CT molecular complexity index is 747. The second-order valence-corrected chi connectivity index (χ2v) is 7.02. The SMILES string of the molecule is Br.COc1cc2c3c(c1OC)C[C@@H](c1ccccc1)C[C@H]3[C@@H](N)CC2. The maximum atomic E-state index is 6.54. The van der Waals surface area contributed by atoms with E-state index in [9.17, 15) is 0 Å². The minimum absolute atomic E-state index is 0. The molecule has 0 unspecified atom stereocenters. The van der Waals surface area contributed by atoms with Crippen molar-refractivity contribution in [2.24, 2.45) is 5.73 Å². The lowest BCUT2D eigenvalue weighted by Gasteiger charge is -2.40. The fourth-order valence-corrected chi connectivity index (χ4v) is 4.66. The van der Waals surface area contributed by atoms with Crippen molar-refractivity contribution in [1.82, 2.24) is 0 Å². The van der Waals surface area contributed by atoms with E-state index in [1.807, 2.05) is 0 Å². The Balaban J connectivity index is 0.00000182. The first-order chi connectivity index (χ1) is 11.7. The number of rotatable bonds is 3. The molecular weight excluding hydrogens is 378 g/mol. The molecule has 3 atom stereocenters. The molecule has 134 valence electrons. The highest BCUT2D eigenvalue weighted by Crippen LogP contribution is 2.51. The van der Waals surface area contributed by atoms with E-state index in [0.29, 0.717) is 11.8 Å². The van der Waals surface area contributed by atoms with Crippen LogP contribution in [0.3, 0.4) is 0 Å².